The molecule has 110 valence electrons. The quantitative estimate of drug-likeness (QED) is 0.552. The number of benzene rings is 3. The van der Waals surface area contributed by atoms with E-state index in [0.29, 0.717) is 0 Å². The van der Waals surface area contributed by atoms with E-state index in [-0.39, 0.29) is 0 Å². The Hall–Kier alpha value is -3.20. The first kappa shape index (κ1) is 13.5. The normalized spacial score (nSPS) is 10.8. The molecule has 0 aliphatic heterocycles. The smallest absolute Gasteiger partial charge is 0.0973 e. The molecular weight excluding hydrogens is 282 g/mol. The summed E-state index contributed by atoms with van der Waals surface area (Å²) in [5.41, 5.74) is 12.2. The molecule has 0 radical (unpaired) electrons. The number of hydrogen-bond donors (Lipinski definition) is 1. The molecule has 0 atom stereocenters. The summed E-state index contributed by atoms with van der Waals surface area (Å²) in [6.45, 7) is 0. The molecular formula is C20H15N3. The Labute approximate surface area is 134 Å². The van der Waals surface area contributed by atoms with Crippen molar-refractivity contribution in [3.05, 3.63) is 78.9 Å². The van der Waals surface area contributed by atoms with E-state index in [2.05, 4.69) is 12.1 Å². The Morgan fingerprint density at radius 2 is 1.13 bits per heavy atom. The molecule has 0 fully saturated rings. The number of fused-ring (bicyclic) bond motifs is 1. The van der Waals surface area contributed by atoms with Gasteiger partial charge in [0, 0.05) is 16.8 Å². The molecule has 2 N–H and O–H groups in total. The van der Waals surface area contributed by atoms with Crippen LogP contribution in [0.25, 0.3) is 33.5 Å². The summed E-state index contributed by atoms with van der Waals surface area (Å²) in [5.74, 6) is 0. The molecule has 0 aliphatic carbocycles. The molecule has 0 amide bonds. The third kappa shape index (κ3) is 2.53. The van der Waals surface area contributed by atoms with E-state index in [1.165, 1.54) is 0 Å². The highest BCUT2D eigenvalue weighted by Crippen LogP contribution is 2.31. The van der Waals surface area contributed by atoms with Crippen molar-refractivity contribution in [3.63, 3.8) is 0 Å². The topological polar surface area (TPSA) is 51.8 Å². The standard InChI is InChI=1S/C20H15N3/c21-16-10-6-9-15(13-16)20-19(14-7-2-1-3-8-14)22-17-11-4-5-12-18(17)23-20/h1-13H,21H2. The van der Waals surface area contributed by atoms with Gasteiger partial charge in [0.1, 0.15) is 0 Å². The van der Waals surface area contributed by atoms with Gasteiger partial charge in [-0.15, -0.1) is 0 Å². The van der Waals surface area contributed by atoms with Crippen LogP contribution in [0, 0.1) is 0 Å². The van der Waals surface area contributed by atoms with Gasteiger partial charge in [0.25, 0.3) is 0 Å². The predicted molar refractivity (Wildman–Crippen MR) is 94.8 cm³/mol. The van der Waals surface area contributed by atoms with Crippen molar-refractivity contribution in [1.29, 1.82) is 0 Å². The molecule has 0 bridgehead atoms. The summed E-state index contributed by atoms with van der Waals surface area (Å²) in [4.78, 5) is 9.69. The number of rotatable bonds is 2. The van der Waals surface area contributed by atoms with Crippen LogP contribution in [0.3, 0.4) is 0 Å². The van der Waals surface area contributed by atoms with Crippen molar-refractivity contribution in [2.75, 3.05) is 5.73 Å². The molecule has 0 aliphatic rings. The van der Waals surface area contributed by atoms with Crippen LogP contribution in [0.1, 0.15) is 0 Å². The monoisotopic (exact) mass is 297 g/mol. The molecule has 1 heterocycles. The van der Waals surface area contributed by atoms with Crippen LogP contribution < -0.4 is 5.73 Å². The summed E-state index contributed by atoms with van der Waals surface area (Å²) in [6, 6.07) is 25.8. The van der Waals surface area contributed by atoms with Crippen molar-refractivity contribution in [2.45, 2.75) is 0 Å². The number of aromatic nitrogens is 2. The van der Waals surface area contributed by atoms with Crippen molar-refractivity contribution >= 4 is 16.7 Å². The molecule has 1 aromatic heterocycles. The average molecular weight is 297 g/mol. The minimum Gasteiger partial charge on any atom is -0.399 e. The fourth-order valence-electron chi connectivity index (χ4n) is 2.68. The predicted octanol–water partition coefficient (Wildman–Crippen LogP) is 4.55. The number of nitrogen functional groups attached to an aromatic ring is 1. The second-order valence-corrected chi connectivity index (χ2v) is 5.40. The van der Waals surface area contributed by atoms with Crippen molar-refractivity contribution in [1.82, 2.24) is 9.97 Å². The molecule has 4 aromatic rings. The Morgan fingerprint density at radius 1 is 0.565 bits per heavy atom. The van der Waals surface area contributed by atoms with E-state index in [1.807, 2.05) is 66.7 Å². The maximum Gasteiger partial charge on any atom is 0.0973 e. The van der Waals surface area contributed by atoms with Gasteiger partial charge in [-0.2, -0.15) is 0 Å². The van der Waals surface area contributed by atoms with E-state index in [1.54, 1.807) is 0 Å². The highest BCUT2D eigenvalue weighted by atomic mass is 14.8. The van der Waals surface area contributed by atoms with Gasteiger partial charge in [-0.25, -0.2) is 9.97 Å². The highest BCUT2D eigenvalue weighted by molar-refractivity contribution is 5.86. The molecule has 0 unspecified atom stereocenters. The lowest BCUT2D eigenvalue weighted by atomic mass is 10.0. The van der Waals surface area contributed by atoms with Crippen LogP contribution in [0.4, 0.5) is 5.69 Å². The fourth-order valence-corrected chi connectivity index (χ4v) is 2.68. The molecule has 0 saturated carbocycles. The largest absolute Gasteiger partial charge is 0.399 e. The summed E-state index contributed by atoms with van der Waals surface area (Å²) < 4.78 is 0. The first-order chi connectivity index (χ1) is 11.3. The molecule has 3 heteroatoms. The first-order valence-corrected chi connectivity index (χ1v) is 7.49. The highest BCUT2D eigenvalue weighted by Gasteiger charge is 2.12. The van der Waals surface area contributed by atoms with E-state index in [9.17, 15) is 0 Å². The van der Waals surface area contributed by atoms with E-state index in [4.69, 9.17) is 15.7 Å². The fraction of sp³-hybridized carbons (Fsp3) is 0. The van der Waals surface area contributed by atoms with Gasteiger partial charge in [0.2, 0.25) is 0 Å². The lowest BCUT2D eigenvalue weighted by Gasteiger charge is -2.11. The van der Waals surface area contributed by atoms with Crippen LogP contribution >= 0.6 is 0 Å². The zero-order valence-electron chi connectivity index (χ0n) is 12.5. The van der Waals surface area contributed by atoms with Crippen molar-refractivity contribution in [2.24, 2.45) is 0 Å². The minimum absolute atomic E-state index is 0.719. The lowest BCUT2D eigenvalue weighted by molar-refractivity contribution is 1.29. The lowest BCUT2D eigenvalue weighted by Crippen LogP contribution is -1.96. The van der Waals surface area contributed by atoms with Crippen LogP contribution in [-0.2, 0) is 0 Å². The zero-order chi connectivity index (χ0) is 15.6. The number of hydrogen-bond acceptors (Lipinski definition) is 3. The third-order valence-corrected chi connectivity index (χ3v) is 3.78. The van der Waals surface area contributed by atoms with Crippen LogP contribution in [0.2, 0.25) is 0 Å². The van der Waals surface area contributed by atoms with Crippen LogP contribution in [-0.4, -0.2) is 9.97 Å². The molecule has 3 nitrogen and oxygen atoms in total. The Bertz CT molecular complexity index is 978. The molecule has 23 heavy (non-hydrogen) atoms. The van der Waals surface area contributed by atoms with Crippen molar-refractivity contribution in [3.8, 4) is 22.5 Å². The zero-order valence-corrected chi connectivity index (χ0v) is 12.5. The molecule has 4 rings (SSSR count). The average Bonchev–Trinajstić information content (AvgIpc) is 2.61. The van der Waals surface area contributed by atoms with Gasteiger partial charge in [0.15, 0.2) is 0 Å². The second kappa shape index (κ2) is 5.54. The SMILES string of the molecule is Nc1cccc(-c2nc3ccccc3nc2-c2ccccc2)c1. The van der Waals surface area contributed by atoms with E-state index < -0.39 is 0 Å². The van der Waals surface area contributed by atoms with Gasteiger partial charge in [-0.3, -0.25) is 0 Å². The Kier molecular flexibility index (Phi) is 3.24. The van der Waals surface area contributed by atoms with Gasteiger partial charge in [-0.1, -0.05) is 54.6 Å². The summed E-state index contributed by atoms with van der Waals surface area (Å²) in [7, 11) is 0. The maximum absolute atomic E-state index is 5.95. The number of nitrogens with two attached hydrogens (primary N) is 1. The number of nitrogens with zero attached hydrogens (tertiary/aromatic N) is 2. The number of para-hydroxylation sites is 2. The molecule has 3 aromatic carbocycles. The molecule has 0 saturated heterocycles. The Balaban J connectivity index is 2.04. The maximum atomic E-state index is 5.95. The second-order valence-electron chi connectivity index (χ2n) is 5.40. The van der Waals surface area contributed by atoms with Gasteiger partial charge in [0.05, 0.1) is 22.4 Å². The third-order valence-electron chi connectivity index (χ3n) is 3.78. The van der Waals surface area contributed by atoms with E-state index >= 15 is 0 Å². The number of anilines is 1. The van der Waals surface area contributed by atoms with E-state index in [0.717, 1.165) is 39.2 Å². The van der Waals surface area contributed by atoms with Gasteiger partial charge in [-0.05, 0) is 24.3 Å². The summed E-state index contributed by atoms with van der Waals surface area (Å²) in [5, 5.41) is 0. The summed E-state index contributed by atoms with van der Waals surface area (Å²) >= 11 is 0. The van der Waals surface area contributed by atoms with Crippen LogP contribution in [0.15, 0.2) is 78.9 Å². The minimum atomic E-state index is 0.719. The van der Waals surface area contributed by atoms with Gasteiger partial charge >= 0.3 is 0 Å². The van der Waals surface area contributed by atoms with Gasteiger partial charge < -0.3 is 5.73 Å². The molecule has 0 spiro atoms. The first-order valence-electron chi connectivity index (χ1n) is 7.49. The van der Waals surface area contributed by atoms with Crippen LogP contribution in [0.5, 0.6) is 0 Å². The Morgan fingerprint density at radius 3 is 1.78 bits per heavy atom. The summed E-state index contributed by atoms with van der Waals surface area (Å²) in [6.07, 6.45) is 0. The van der Waals surface area contributed by atoms with Crippen molar-refractivity contribution < 1.29 is 0 Å².